The first-order chi connectivity index (χ1) is 7.66. The molecule has 1 aliphatic heterocycles. The summed E-state index contributed by atoms with van der Waals surface area (Å²) in [5.74, 6) is -0.0990. The molecule has 0 aromatic heterocycles. The normalized spacial score (nSPS) is 15.6. The summed E-state index contributed by atoms with van der Waals surface area (Å²) >= 11 is 0. The summed E-state index contributed by atoms with van der Waals surface area (Å²) in [4.78, 5) is 0. The third-order valence-corrected chi connectivity index (χ3v) is 3.29. The highest BCUT2D eigenvalue weighted by atomic mass is 32.2. The molecule has 1 aromatic carbocycles. The zero-order chi connectivity index (χ0) is 11.4. The lowest BCUT2D eigenvalue weighted by molar-refractivity contribution is 0.0110. The van der Waals surface area contributed by atoms with Gasteiger partial charge in [-0.3, -0.25) is 0 Å². The van der Waals surface area contributed by atoms with E-state index in [1.165, 1.54) is 5.06 Å². The van der Waals surface area contributed by atoms with E-state index in [1.54, 1.807) is 30.5 Å². The first-order valence-corrected chi connectivity index (χ1v) is 6.63. The van der Waals surface area contributed by atoms with E-state index >= 15 is 0 Å². The van der Waals surface area contributed by atoms with Crippen molar-refractivity contribution in [1.82, 2.24) is 5.06 Å². The zero-order valence-corrected chi connectivity index (χ0v) is 9.56. The molecule has 0 saturated heterocycles. The number of rotatable bonds is 4. The van der Waals surface area contributed by atoms with Crippen molar-refractivity contribution in [3.05, 3.63) is 48.2 Å². The molecule has 1 aliphatic rings. The Labute approximate surface area is 95.2 Å². The van der Waals surface area contributed by atoms with Crippen LogP contribution in [0.2, 0.25) is 0 Å². The Morgan fingerprint density at radius 1 is 1.25 bits per heavy atom. The van der Waals surface area contributed by atoms with Crippen LogP contribution in [0.15, 0.2) is 42.6 Å². The lowest BCUT2D eigenvalue weighted by atomic mass is 10.2. The maximum atomic E-state index is 11.7. The Bertz CT molecular complexity index is 467. The van der Waals surface area contributed by atoms with Crippen molar-refractivity contribution in [3.63, 3.8) is 0 Å². The molecule has 0 spiro atoms. The SMILES string of the molecule is O=S(=O)(Cc1ccccc1)ON1C=CCC1. The second kappa shape index (κ2) is 4.67. The van der Waals surface area contributed by atoms with Gasteiger partial charge in [-0.2, -0.15) is 8.42 Å². The zero-order valence-electron chi connectivity index (χ0n) is 8.74. The van der Waals surface area contributed by atoms with Gasteiger partial charge in [-0.25, -0.2) is 5.06 Å². The van der Waals surface area contributed by atoms with E-state index in [2.05, 4.69) is 0 Å². The molecule has 1 aromatic rings. The van der Waals surface area contributed by atoms with Crippen LogP contribution >= 0.6 is 0 Å². The minimum absolute atomic E-state index is 0.0990. The van der Waals surface area contributed by atoms with Crippen molar-refractivity contribution < 1.29 is 12.7 Å². The van der Waals surface area contributed by atoms with E-state index in [9.17, 15) is 8.42 Å². The average Bonchev–Trinajstić information content (AvgIpc) is 2.70. The van der Waals surface area contributed by atoms with Gasteiger partial charge in [-0.15, -0.1) is 4.28 Å². The number of hydrogen-bond donors (Lipinski definition) is 0. The van der Waals surface area contributed by atoms with Gasteiger partial charge >= 0.3 is 0 Å². The first-order valence-electron chi connectivity index (χ1n) is 5.05. The minimum Gasteiger partial charge on any atom is -0.244 e. The van der Waals surface area contributed by atoms with Crippen LogP contribution < -0.4 is 0 Å². The van der Waals surface area contributed by atoms with E-state index in [0.717, 1.165) is 12.0 Å². The van der Waals surface area contributed by atoms with Crippen LogP contribution in [0.1, 0.15) is 12.0 Å². The molecule has 0 aliphatic carbocycles. The summed E-state index contributed by atoms with van der Waals surface area (Å²) in [6.07, 6.45) is 4.33. The molecule has 86 valence electrons. The molecule has 5 heteroatoms. The Morgan fingerprint density at radius 3 is 2.62 bits per heavy atom. The smallest absolute Gasteiger partial charge is 0.244 e. The topological polar surface area (TPSA) is 46.6 Å². The van der Waals surface area contributed by atoms with Gasteiger partial charge in [0.25, 0.3) is 10.1 Å². The summed E-state index contributed by atoms with van der Waals surface area (Å²) in [5.41, 5.74) is 0.727. The largest absolute Gasteiger partial charge is 0.292 e. The lowest BCUT2D eigenvalue weighted by Gasteiger charge is -2.14. The van der Waals surface area contributed by atoms with Gasteiger partial charge in [-0.1, -0.05) is 36.4 Å². The van der Waals surface area contributed by atoms with Gasteiger partial charge < -0.3 is 0 Å². The Balaban J connectivity index is 2.00. The summed E-state index contributed by atoms with van der Waals surface area (Å²) in [6, 6.07) is 8.99. The van der Waals surface area contributed by atoms with Crippen LogP contribution in [0.5, 0.6) is 0 Å². The second-order valence-electron chi connectivity index (χ2n) is 3.58. The molecule has 0 bridgehead atoms. The van der Waals surface area contributed by atoms with Crippen LogP contribution in [0, 0.1) is 0 Å². The minimum atomic E-state index is -3.54. The molecule has 0 amide bonds. The molecule has 0 atom stereocenters. The number of nitrogens with zero attached hydrogens (tertiary/aromatic N) is 1. The van der Waals surface area contributed by atoms with Crippen molar-refractivity contribution in [3.8, 4) is 0 Å². The summed E-state index contributed by atoms with van der Waals surface area (Å²) in [7, 11) is -3.54. The molecule has 4 nitrogen and oxygen atoms in total. The highest BCUT2D eigenvalue weighted by Gasteiger charge is 2.17. The molecule has 0 fully saturated rings. The molecule has 1 heterocycles. The predicted octanol–water partition coefficient (Wildman–Crippen LogP) is 1.67. The van der Waals surface area contributed by atoms with Gasteiger partial charge in [0.1, 0.15) is 5.75 Å². The molecule has 0 radical (unpaired) electrons. The number of benzene rings is 1. The molecule has 0 unspecified atom stereocenters. The second-order valence-corrected chi connectivity index (χ2v) is 5.13. The Hall–Kier alpha value is -1.33. The van der Waals surface area contributed by atoms with Crippen LogP contribution in [0.25, 0.3) is 0 Å². The lowest BCUT2D eigenvalue weighted by Crippen LogP contribution is -2.21. The third-order valence-electron chi connectivity index (χ3n) is 2.18. The van der Waals surface area contributed by atoms with Crippen molar-refractivity contribution in [2.75, 3.05) is 6.54 Å². The molecule has 2 rings (SSSR count). The first kappa shape index (κ1) is 11.2. The standard InChI is InChI=1S/C11H13NO3S/c13-16(14,15-12-8-4-5-9-12)10-11-6-2-1-3-7-11/h1-4,6-8H,5,9-10H2. The van der Waals surface area contributed by atoms with Gasteiger partial charge in [0.2, 0.25) is 0 Å². The Morgan fingerprint density at radius 2 is 2.00 bits per heavy atom. The van der Waals surface area contributed by atoms with E-state index in [0.29, 0.717) is 6.54 Å². The van der Waals surface area contributed by atoms with Crippen LogP contribution in [-0.4, -0.2) is 20.0 Å². The quantitative estimate of drug-likeness (QED) is 0.801. The fourth-order valence-corrected chi connectivity index (χ4v) is 2.55. The van der Waals surface area contributed by atoms with E-state index < -0.39 is 10.1 Å². The van der Waals surface area contributed by atoms with Crippen molar-refractivity contribution in [2.24, 2.45) is 0 Å². The highest BCUT2D eigenvalue weighted by molar-refractivity contribution is 7.85. The van der Waals surface area contributed by atoms with Crippen molar-refractivity contribution in [1.29, 1.82) is 0 Å². The summed E-state index contributed by atoms with van der Waals surface area (Å²) in [5, 5.41) is 1.35. The number of hydrogen-bond acceptors (Lipinski definition) is 4. The van der Waals surface area contributed by atoms with E-state index in [-0.39, 0.29) is 5.75 Å². The summed E-state index contributed by atoms with van der Waals surface area (Å²) in [6.45, 7) is 0.591. The maximum absolute atomic E-state index is 11.7. The molecule has 0 saturated carbocycles. The van der Waals surface area contributed by atoms with Crippen molar-refractivity contribution in [2.45, 2.75) is 12.2 Å². The van der Waals surface area contributed by atoms with E-state index in [1.807, 2.05) is 12.1 Å². The fourth-order valence-electron chi connectivity index (χ4n) is 1.48. The van der Waals surface area contributed by atoms with Gasteiger partial charge in [0, 0.05) is 12.7 Å². The average molecular weight is 239 g/mol. The summed E-state index contributed by atoms with van der Waals surface area (Å²) < 4.78 is 28.2. The number of hydroxylamine groups is 2. The van der Waals surface area contributed by atoms with Crippen molar-refractivity contribution >= 4 is 10.1 Å². The maximum Gasteiger partial charge on any atom is 0.292 e. The Kier molecular flexibility index (Phi) is 3.26. The van der Waals surface area contributed by atoms with Gasteiger partial charge in [0.15, 0.2) is 0 Å². The van der Waals surface area contributed by atoms with Crippen LogP contribution in [0.4, 0.5) is 0 Å². The molecule has 16 heavy (non-hydrogen) atoms. The van der Waals surface area contributed by atoms with Gasteiger partial charge in [-0.05, 0) is 12.0 Å². The molecular formula is C11H13NO3S. The van der Waals surface area contributed by atoms with Gasteiger partial charge in [0.05, 0.1) is 0 Å². The third kappa shape index (κ3) is 3.08. The van der Waals surface area contributed by atoms with E-state index in [4.69, 9.17) is 4.28 Å². The highest BCUT2D eigenvalue weighted by Crippen LogP contribution is 2.12. The van der Waals surface area contributed by atoms with Crippen LogP contribution in [0.3, 0.4) is 0 Å². The van der Waals surface area contributed by atoms with Crippen LogP contribution in [-0.2, 0) is 20.2 Å². The predicted molar refractivity (Wildman–Crippen MR) is 60.6 cm³/mol. The molecular weight excluding hydrogens is 226 g/mol. The fraction of sp³-hybridized carbons (Fsp3) is 0.273. The molecule has 0 N–H and O–H groups in total. The monoisotopic (exact) mass is 239 g/mol.